The Bertz CT molecular complexity index is 1110. The summed E-state index contributed by atoms with van der Waals surface area (Å²) in [6.45, 7) is 5.22. The number of hydrogen-bond acceptors (Lipinski definition) is 2. The summed E-state index contributed by atoms with van der Waals surface area (Å²) in [7, 11) is -3.46. The standard InChI is InChI=1S/C22H25BrN2O2S/c1-3-16-13-18(23)5-7-22(16)28(26,27)25-10-8-17(9-11-25)20-14-24-21-6-4-15(2)12-19(20)21/h4-7,12-14,17,24H,3,8-11H2,1-2H3. The molecule has 0 amide bonds. The molecule has 0 saturated carbocycles. The van der Waals surface area contributed by atoms with Gasteiger partial charge < -0.3 is 4.98 Å². The van der Waals surface area contributed by atoms with Gasteiger partial charge in [0.15, 0.2) is 0 Å². The van der Waals surface area contributed by atoms with Crippen LogP contribution in [0.4, 0.5) is 0 Å². The van der Waals surface area contributed by atoms with Crippen LogP contribution in [0.1, 0.15) is 42.4 Å². The molecule has 4 rings (SSSR count). The van der Waals surface area contributed by atoms with Gasteiger partial charge in [0.2, 0.25) is 10.0 Å². The van der Waals surface area contributed by atoms with Gasteiger partial charge in [0, 0.05) is 34.7 Å². The number of H-pyrrole nitrogens is 1. The molecule has 0 atom stereocenters. The molecule has 0 aliphatic carbocycles. The molecule has 1 aliphatic rings. The monoisotopic (exact) mass is 460 g/mol. The van der Waals surface area contributed by atoms with Crippen molar-refractivity contribution in [3.05, 3.63) is 63.8 Å². The van der Waals surface area contributed by atoms with Crippen molar-refractivity contribution in [2.24, 2.45) is 0 Å². The number of benzene rings is 2. The Hall–Kier alpha value is -1.63. The highest BCUT2D eigenvalue weighted by atomic mass is 79.9. The van der Waals surface area contributed by atoms with E-state index < -0.39 is 10.0 Å². The van der Waals surface area contributed by atoms with Gasteiger partial charge >= 0.3 is 0 Å². The molecule has 2 aromatic carbocycles. The second-order valence-electron chi connectivity index (χ2n) is 7.58. The van der Waals surface area contributed by atoms with Crippen molar-refractivity contribution >= 4 is 36.9 Å². The Kier molecular flexibility index (Phi) is 5.38. The zero-order valence-electron chi connectivity index (χ0n) is 16.2. The van der Waals surface area contributed by atoms with E-state index in [-0.39, 0.29) is 0 Å². The fourth-order valence-corrected chi connectivity index (χ4v) is 6.37. The fourth-order valence-electron chi connectivity index (χ4n) is 4.22. The Morgan fingerprint density at radius 3 is 2.61 bits per heavy atom. The summed E-state index contributed by atoms with van der Waals surface area (Å²) in [5.41, 5.74) is 4.58. The summed E-state index contributed by atoms with van der Waals surface area (Å²) < 4.78 is 29.0. The summed E-state index contributed by atoms with van der Waals surface area (Å²) in [4.78, 5) is 3.81. The first kappa shape index (κ1) is 19.7. The van der Waals surface area contributed by atoms with Crippen molar-refractivity contribution in [1.29, 1.82) is 0 Å². The van der Waals surface area contributed by atoms with Crippen LogP contribution >= 0.6 is 15.9 Å². The Morgan fingerprint density at radius 2 is 1.89 bits per heavy atom. The van der Waals surface area contributed by atoms with Gasteiger partial charge in [-0.1, -0.05) is 34.5 Å². The highest BCUT2D eigenvalue weighted by molar-refractivity contribution is 9.10. The Balaban J connectivity index is 1.56. The van der Waals surface area contributed by atoms with Gasteiger partial charge in [0.1, 0.15) is 0 Å². The third kappa shape index (κ3) is 3.53. The lowest BCUT2D eigenvalue weighted by atomic mass is 9.90. The molecule has 0 unspecified atom stereocenters. The molecule has 2 heterocycles. The number of aromatic amines is 1. The minimum absolute atomic E-state index is 0.387. The second-order valence-corrected chi connectivity index (χ2v) is 10.4. The number of nitrogens with zero attached hydrogens (tertiary/aromatic N) is 1. The molecule has 148 valence electrons. The Labute approximate surface area is 175 Å². The molecule has 1 fully saturated rings. The van der Waals surface area contributed by atoms with Crippen LogP contribution in [0, 0.1) is 6.92 Å². The second kappa shape index (κ2) is 7.65. The van der Waals surface area contributed by atoms with E-state index in [9.17, 15) is 8.42 Å². The van der Waals surface area contributed by atoms with Crippen LogP contribution in [0.25, 0.3) is 10.9 Å². The van der Waals surface area contributed by atoms with Crippen LogP contribution in [-0.4, -0.2) is 30.8 Å². The van der Waals surface area contributed by atoms with E-state index in [0.717, 1.165) is 28.4 Å². The highest BCUT2D eigenvalue weighted by Gasteiger charge is 2.32. The summed E-state index contributed by atoms with van der Waals surface area (Å²) in [5, 5.41) is 1.27. The number of piperidine rings is 1. The molecular formula is C22H25BrN2O2S. The van der Waals surface area contributed by atoms with Crippen LogP contribution in [0.2, 0.25) is 0 Å². The van der Waals surface area contributed by atoms with E-state index in [0.29, 0.717) is 30.3 Å². The van der Waals surface area contributed by atoms with Crippen LogP contribution in [0.3, 0.4) is 0 Å². The van der Waals surface area contributed by atoms with Crippen LogP contribution < -0.4 is 0 Å². The average molecular weight is 461 g/mol. The van der Waals surface area contributed by atoms with Gasteiger partial charge in [-0.05, 0) is 73.6 Å². The maximum atomic E-state index is 13.2. The summed E-state index contributed by atoms with van der Waals surface area (Å²) >= 11 is 3.44. The molecule has 1 N–H and O–H groups in total. The van der Waals surface area contributed by atoms with Crippen molar-refractivity contribution in [2.75, 3.05) is 13.1 Å². The van der Waals surface area contributed by atoms with E-state index in [1.807, 2.05) is 19.1 Å². The lowest BCUT2D eigenvalue weighted by Gasteiger charge is -2.31. The summed E-state index contributed by atoms with van der Waals surface area (Å²) in [5.74, 6) is 0.387. The largest absolute Gasteiger partial charge is 0.361 e. The topological polar surface area (TPSA) is 53.2 Å². The predicted octanol–water partition coefficient (Wildman–Crippen LogP) is 5.37. The van der Waals surface area contributed by atoms with Gasteiger partial charge in [0.25, 0.3) is 0 Å². The van der Waals surface area contributed by atoms with Crippen molar-refractivity contribution < 1.29 is 8.42 Å². The van der Waals surface area contributed by atoms with E-state index in [4.69, 9.17) is 0 Å². The lowest BCUT2D eigenvalue weighted by molar-refractivity contribution is 0.320. The molecule has 4 nitrogen and oxygen atoms in total. The molecule has 1 aromatic heterocycles. The Morgan fingerprint density at radius 1 is 1.14 bits per heavy atom. The summed E-state index contributed by atoms with van der Waals surface area (Å²) in [6.07, 6.45) is 4.48. The quantitative estimate of drug-likeness (QED) is 0.568. The van der Waals surface area contributed by atoms with Gasteiger partial charge in [-0.2, -0.15) is 4.31 Å². The maximum Gasteiger partial charge on any atom is 0.243 e. The van der Waals surface area contributed by atoms with Crippen molar-refractivity contribution in [3.63, 3.8) is 0 Å². The van der Waals surface area contributed by atoms with Gasteiger partial charge in [-0.15, -0.1) is 0 Å². The van der Waals surface area contributed by atoms with E-state index in [2.05, 4.69) is 52.2 Å². The van der Waals surface area contributed by atoms with E-state index >= 15 is 0 Å². The van der Waals surface area contributed by atoms with Crippen LogP contribution in [0.5, 0.6) is 0 Å². The molecule has 3 aromatic rings. The molecule has 28 heavy (non-hydrogen) atoms. The molecule has 1 saturated heterocycles. The van der Waals surface area contributed by atoms with Crippen LogP contribution in [0.15, 0.2) is 52.0 Å². The third-order valence-corrected chi connectivity index (χ3v) is 8.28. The van der Waals surface area contributed by atoms with Crippen molar-refractivity contribution in [3.8, 4) is 0 Å². The number of aromatic nitrogens is 1. The number of aryl methyl sites for hydroxylation is 2. The number of nitrogens with one attached hydrogen (secondary N) is 1. The van der Waals surface area contributed by atoms with Gasteiger partial charge in [-0.25, -0.2) is 8.42 Å². The number of hydrogen-bond donors (Lipinski definition) is 1. The van der Waals surface area contributed by atoms with Crippen molar-refractivity contribution in [2.45, 2.75) is 43.9 Å². The first-order valence-electron chi connectivity index (χ1n) is 9.76. The van der Waals surface area contributed by atoms with Gasteiger partial charge in [-0.3, -0.25) is 0 Å². The molecule has 6 heteroatoms. The average Bonchev–Trinajstić information content (AvgIpc) is 3.10. The van der Waals surface area contributed by atoms with E-state index in [1.54, 1.807) is 10.4 Å². The minimum atomic E-state index is -3.46. The lowest BCUT2D eigenvalue weighted by Crippen LogP contribution is -2.38. The smallest absolute Gasteiger partial charge is 0.243 e. The van der Waals surface area contributed by atoms with E-state index in [1.165, 1.54) is 16.5 Å². The molecule has 1 aliphatic heterocycles. The van der Waals surface area contributed by atoms with Crippen molar-refractivity contribution in [1.82, 2.24) is 9.29 Å². The third-order valence-electron chi connectivity index (χ3n) is 5.78. The predicted molar refractivity (Wildman–Crippen MR) is 117 cm³/mol. The fraction of sp³-hybridized carbons (Fsp3) is 0.364. The number of halogens is 1. The first-order valence-corrected chi connectivity index (χ1v) is 12.0. The van der Waals surface area contributed by atoms with Crippen LogP contribution in [-0.2, 0) is 16.4 Å². The van der Waals surface area contributed by atoms with Gasteiger partial charge in [0.05, 0.1) is 4.90 Å². The summed E-state index contributed by atoms with van der Waals surface area (Å²) in [6, 6.07) is 11.9. The highest BCUT2D eigenvalue weighted by Crippen LogP contribution is 2.35. The SMILES string of the molecule is CCc1cc(Br)ccc1S(=O)(=O)N1CCC(c2c[nH]c3ccc(C)cc23)CC1. The maximum absolute atomic E-state index is 13.2. The minimum Gasteiger partial charge on any atom is -0.361 e. The molecule has 0 spiro atoms. The number of fused-ring (bicyclic) bond motifs is 1. The zero-order chi connectivity index (χ0) is 19.9. The molecular weight excluding hydrogens is 436 g/mol. The molecule has 0 radical (unpaired) electrons. The number of rotatable bonds is 4. The normalized spacial score (nSPS) is 16.7. The number of sulfonamides is 1. The first-order chi connectivity index (χ1) is 13.4. The zero-order valence-corrected chi connectivity index (χ0v) is 18.6. The molecule has 0 bridgehead atoms.